The van der Waals surface area contributed by atoms with Gasteiger partial charge in [-0.2, -0.15) is 0 Å². The van der Waals surface area contributed by atoms with Crippen molar-refractivity contribution >= 4 is 29.1 Å². The Morgan fingerprint density at radius 3 is 2.12 bits per heavy atom. The molecule has 0 atom stereocenters. The zero-order valence-corrected chi connectivity index (χ0v) is 19.3. The van der Waals surface area contributed by atoms with Gasteiger partial charge < -0.3 is 26.0 Å². The highest BCUT2D eigenvalue weighted by Gasteiger charge is 2.19. The Morgan fingerprint density at radius 1 is 0.971 bits per heavy atom. The maximum Gasteiger partial charge on any atom is 0.323 e. The van der Waals surface area contributed by atoms with E-state index in [0.29, 0.717) is 36.0 Å². The van der Waals surface area contributed by atoms with E-state index >= 15 is 0 Å². The number of nitrogens with one attached hydrogen (secondary N) is 2. The molecule has 9 heteroatoms. The fraction of sp³-hybridized carbons (Fsp3) is 0.280. The maximum atomic E-state index is 12.3. The predicted octanol–water partition coefficient (Wildman–Crippen LogP) is 3.59. The van der Waals surface area contributed by atoms with Crippen molar-refractivity contribution in [2.75, 3.05) is 41.8 Å². The zero-order chi connectivity index (χ0) is 24.1. The number of primary amides is 1. The molecule has 1 fully saturated rings. The summed E-state index contributed by atoms with van der Waals surface area (Å²) in [5.74, 6) is 1.10. The van der Waals surface area contributed by atoms with Gasteiger partial charge in [0, 0.05) is 46.8 Å². The van der Waals surface area contributed by atoms with E-state index < -0.39 is 11.9 Å². The Bertz CT molecular complexity index is 1170. The molecule has 1 saturated heterocycles. The number of hydrogen-bond acceptors (Lipinski definition) is 6. The van der Waals surface area contributed by atoms with Crippen molar-refractivity contribution in [3.8, 4) is 11.4 Å². The van der Waals surface area contributed by atoms with E-state index in [2.05, 4.69) is 29.4 Å². The molecule has 4 N–H and O–H groups in total. The molecule has 1 aliphatic heterocycles. The van der Waals surface area contributed by atoms with Crippen molar-refractivity contribution in [3.05, 3.63) is 65.4 Å². The van der Waals surface area contributed by atoms with Crippen LogP contribution in [-0.2, 0) is 11.2 Å². The molecule has 3 aromatic rings. The summed E-state index contributed by atoms with van der Waals surface area (Å²) in [7, 11) is 0. The number of carbonyl (C=O) groups excluding carboxylic acids is 2. The maximum absolute atomic E-state index is 12.3. The van der Waals surface area contributed by atoms with E-state index in [-0.39, 0.29) is 0 Å². The standard InChI is InChI=1S/C25H28N6O3/c1-3-21-16(2)24(31-12-14-34-15-13-31)30-23(29-21)18-6-10-20(11-7-18)28-25(33)27-19-8-4-17(5-9-19)22(26)32/h4-11H,3,12-15H2,1-2H3,(H2,26,32)(H2,27,28,33). The summed E-state index contributed by atoms with van der Waals surface area (Å²) in [4.78, 5) is 35.4. The molecule has 1 aromatic heterocycles. The third-order valence-electron chi connectivity index (χ3n) is 5.69. The lowest BCUT2D eigenvalue weighted by molar-refractivity contribution is 0.1000. The first-order valence-corrected chi connectivity index (χ1v) is 11.2. The summed E-state index contributed by atoms with van der Waals surface area (Å²) in [5, 5.41) is 5.52. The third-order valence-corrected chi connectivity index (χ3v) is 5.69. The minimum Gasteiger partial charge on any atom is -0.378 e. The lowest BCUT2D eigenvalue weighted by Crippen LogP contribution is -2.37. The highest BCUT2D eigenvalue weighted by atomic mass is 16.5. The third kappa shape index (κ3) is 5.32. The SMILES string of the molecule is CCc1nc(-c2ccc(NC(=O)Nc3ccc(C(N)=O)cc3)cc2)nc(N2CCOCC2)c1C. The van der Waals surface area contributed by atoms with Gasteiger partial charge >= 0.3 is 6.03 Å². The number of nitrogens with zero attached hydrogens (tertiary/aromatic N) is 3. The molecule has 0 radical (unpaired) electrons. The normalized spacial score (nSPS) is 13.4. The second-order valence-electron chi connectivity index (χ2n) is 7.99. The molecule has 0 unspecified atom stereocenters. The van der Waals surface area contributed by atoms with Crippen molar-refractivity contribution in [1.29, 1.82) is 0 Å². The molecule has 0 saturated carbocycles. The molecule has 0 aliphatic carbocycles. The van der Waals surface area contributed by atoms with Gasteiger partial charge in [-0.05, 0) is 61.9 Å². The van der Waals surface area contributed by atoms with Gasteiger partial charge in [0.2, 0.25) is 5.91 Å². The minimum absolute atomic E-state index is 0.378. The van der Waals surface area contributed by atoms with Crippen LogP contribution in [0.5, 0.6) is 0 Å². The summed E-state index contributed by atoms with van der Waals surface area (Å²) in [5.41, 5.74) is 9.80. The molecule has 0 spiro atoms. The number of carbonyl (C=O) groups is 2. The molecule has 4 rings (SSSR count). The molecule has 2 heterocycles. The highest BCUT2D eigenvalue weighted by molar-refractivity contribution is 6.00. The Balaban J connectivity index is 1.47. The second kappa shape index (κ2) is 10.3. The summed E-state index contributed by atoms with van der Waals surface area (Å²) in [6.45, 7) is 7.17. The number of amides is 3. The van der Waals surface area contributed by atoms with Crippen LogP contribution in [0.1, 0.15) is 28.5 Å². The van der Waals surface area contributed by atoms with Crippen LogP contribution < -0.4 is 21.3 Å². The molecule has 0 bridgehead atoms. The van der Waals surface area contributed by atoms with Gasteiger partial charge in [-0.3, -0.25) is 4.79 Å². The first-order chi connectivity index (χ1) is 16.4. The number of anilines is 3. The molecule has 9 nitrogen and oxygen atoms in total. The number of morpholine rings is 1. The van der Waals surface area contributed by atoms with E-state index in [1.165, 1.54) is 0 Å². The number of rotatable bonds is 6. The second-order valence-corrected chi connectivity index (χ2v) is 7.99. The van der Waals surface area contributed by atoms with Gasteiger partial charge in [-0.15, -0.1) is 0 Å². The molecule has 1 aliphatic rings. The van der Waals surface area contributed by atoms with Gasteiger partial charge in [0.15, 0.2) is 5.82 Å². The molecule has 176 valence electrons. The number of nitrogens with two attached hydrogens (primary N) is 1. The van der Waals surface area contributed by atoms with E-state index in [1.54, 1.807) is 24.3 Å². The lowest BCUT2D eigenvalue weighted by atomic mass is 10.1. The van der Waals surface area contributed by atoms with Crippen LogP contribution in [0.2, 0.25) is 0 Å². The van der Waals surface area contributed by atoms with Crippen LogP contribution in [0.25, 0.3) is 11.4 Å². The first kappa shape index (κ1) is 23.2. The summed E-state index contributed by atoms with van der Waals surface area (Å²) >= 11 is 0. The minimum atomic E-state index is -0.517. The van der Waals surface area contributed by atoms with Crippen molar-refractivity contribution in [2.24, 2.45) is 5.73 Å². The Kier molecular flexibility index (Phi) is 7.03. The first-order valence-electron chi connectivity index (χ1n) is 11.2. The number of benzene rings is 2. The Morgan fingerprint density at radius 2 is 1.56 bits per heavy atom. The van der Waals surface area contributed by atoms with Gasteiger partial charge in [-0.1, -0.05) is 6.92 Å². The zero-order valence-electron chi connectivity index (χ0n) is 19.3. The van der Waals surface area contributed by atoms with Crippen LogP contribution in [-0.4, -0.2) is 48.2 Å². The van der Waals surface area contributed by atoms with Gasteiger partial charge in [0.1, 0.15) is 5.82 Å². The van der Waals surface area contributed by atoms with Crippen molar-refractivity contribution in [1.82, 2.24) is 9.97 Å². The van der Waals surface area contributed by atoms with Gasteiger partial charge in [-0.25, -0.2) is 14.8 Å². The topological polar surface area (TPSA) is 122 Å². The number of ether oxygens (including phenoxy) is 1. The van der Waals surface area contributed by atoms with Crippen LogP contribution in [0.3, 0.4) is 0 Å². The van der Waals surface area contributed by atoms with Gasteiger partial charge in [0.05, 0.1) is 13.2 Å². The number of aryl methyl sites for hydroxylation is 1. The highest BCUT2D eigenvalue weighted by Crippen LogP contribution is 2.26. The van der Waals surface area contributed by atoms with E-state index in [9.17, 15) is 9.59 Å². The van der Waals surface area contributed by atoms with Crippen LogP contribution in [0.15, 0.2) is 48.5 Å². The largest absolute Gasteiger partial charge is 0.378 e. The van der Waals surface area contributed by atoms with E-state index in [1.807, 2.05) is 24.3 Å². The molecular weight excluding hydrogens is 432 g/mol. The van der Waals surface area contributed by atoms with Crippen LogP contribution in [0.4, 0.5) is 22.0 Å². The summed E-state index contributed by atoms with van der Waals surface area (Å²) < 4.78 is 5.49. The van der Waals surface area contributed by atoms with E-state index in [0.717, 1.165) is 42.1 Å². The molecular formula is C25H28N6O3. The predicted molar refractivity (Wildman–Crippen MR) is 132 cm³/mol. The van der Waals surface area contributed by atoms with Crippen LogP contribution in [0, 0.1) is 6.92 Å². The number of aromatic nitrogens is 2. The average molecular weight is 461 g/mol. The van der Waals surface area contributed by atoms with Crippen molar-refractivity contribution in [3.63, 3.8) is 0 Å². The molecule has 2 aromatic carbocycles. The van der Waals surface area contributed by atoms with E-state index in [4.69, 9.17) is 20.4 Å². The van der Waals surface area contributed by atoms with Crippen LogP contribution >= 0.6 is 0 Å². The average Bonchev–Trinajstić information content (AvgIpc) is 2.85. The fourth-order valence-corrected chi connectivity index (χ4v) is 3.82. The summed E-state index contributed by atoms with van der Waals surface area (Å²) in [6, 6.07) is 13.4. The number of urea groups is 1. The summed E-state index contributed by atoms with van der Waals surface area (Å²) in [6.07, 6.45) is 0.818. The van der Waals surface area contributed by atoms with Crippen molar-refractivity contribution in [2.45, 2.75) is 20.3 Å². The number of hydrogen-bond donors (Lipinski definition) is 3. The van der Waals surface area contributed by atoms with Gasteiger partial charge in [0.25, 0.3) is 0 Å². The van der Waals surface area contributed by atoms with Crippen molar-refractivity contribution < 1.29 is 14.3 Å². The lowest BCUT2D eigenvalue weighted by Gasteiger charge is -2.29. The molecule has 34 heavy (non-hydrogen) atoms. The molecule has 3 amide bonds. The quantitative estimate of drug-likeness (QED) is 0.517. The Labute approximate surface area is 198 Å². The smallest absolute Gasteiger partial charge is 0.323 e. The Hall–Kier alpha value is -3.98. The monoisotopic (exact) mass is 460 g/mol. The fourth-order valence-electron chi connectivity index (χ4n) is 3.82.